The summed E-state index contributed by atoms with van der Waals surface area (Å²) in [6.07, 6.45) is 4.55. The van der Waals surface area contributed by atoms with Crippen molar-refractivity contribution < 1.29 is 0 Å². The topological polar surface area (TPSA) is 37.8 Å². The van der Waals surface area contributed by atoms with Crippen molar-refractivity contribution in [2.75, 3.05) is 0 Å². The molecule has 0 unspecified atom stereocenters. The highest BCUT2D eigenvalue weighted by molar-refractivity contribution is 5.85. The first-order chi connectivity index (χ1) is 5.93. The Kier molecular flexibility index (Phi) is 3.70. The summed E-state index contributed by atoms with van der Waals surface area (Å²) < 4.78 is 0. The fourth-order valence-corrected chi connectivity index (χ4v) is 1.61. The Hall–Kier alpha value is -0.380. The molecule has 0 aromatic carbocycles. The van der Waals surface area contributed by atoms with Crippen LogP contribution >= 0.6 is 24.8 Å². The molecule has 1 fully saturated rings. The van der Waals surface area contributed by atoms with Crippen LogP contribution in [0.15, 0.2) is 6.20 Å². The SMILES string of the molecule is Cl.Cl.c1nc(C2CC2)nc2c1CNC2. The van der Waals surface area contributed by atoms with Crippen molar-refractivity contribution in [1.82, 2.24) is 15.3 Å². The Balaban J connectivity index is 0.000000490. The molecule has 1 saturated carbocycles. The highest BCUT2D eigenvalue weighted by Gasteiger charge is 2.27. The zero-order valence-corrected chi connectivity index (χ0v) is 9.33. The van der Waals surface area contributed by atoms with Gasteiger partial charge >= 0.3 is 0 Å². The second-order valence-electron chi connectivity index (χ2n) is 3.58. The fraction of sp³-hybridized carbons (Fsp3) is 0.556. The van der Waals surface area contributed by atoms with Gasteiger partial charge in [-0.15, -0.1) is 24.8 Å². The van der Waals surface area contributed by atoms with Crippen LogP contribution in [-0.2, 0) is 13.1 Å². The van der Waals surface area contributed by atoms with E-state index in [-0.39, 0.29) is 24.8 Å². The predicted octanol–water partition coefficient (Wildman–Crippen LogP) is 1.80. The average Bonchev–Trinajstić information content (AvgIpc) is 2.84. The summed E-state index contributed by atoms with van der Waals surface area (Å²) in [7, 11) is 0. The third kappa shape index (κ3) is 2.00. The van der Waals surface area contributed by atoms with Crippen molar-refractivity contribution in [3.8, 4) is 0 Å². The van der Waals surface area contributed by atoms with E-state index in [0.717, 1.165) is 18.9 Å². The first kappa shape index (κ1) is 11.7. The molecule has 5 heteroatoms. The molecule has 1 aromatic rings. The molecular weight excluding hydrogens is 221 g/mol. The van der Waals surface area contributed by atoms with Crippen molar-refractivity contribution in [2.45, 2.75) is 31.8 Å². The molecule has 3 nitrogen and oxygen atoms in total. The van der Waals surface area contributed by atoms with E-state index in [1.165, 1.54) is 24.1 Å². The van der Waals surface area contributed by atoms with E-state index in [4.69, 9.17) is 0 Å². The monoisotopic (exact) mass is 233 g/mol. The Morgan fingerprint density at radius 1 is 1.21 bits per heavy atom. The Bertz CT molecular complexity index is 326. The molecule has 3 rings (SSSR count). The van der Waals surface area contributed by atoms with Crippen LogP contribution in [0.3, 0.4) is 0 Å². The van der Waals surface area contributed by atoms with Gasteiger partial charge in [0.05, 0.1) is 5.69 Å². The Morgan fingerprint density at radius 2 is 2.00 bits per heavy atom. The zero-order chi connectivity index (χ0) is 7.97. The quantitative estimate of drug-likeness (QED) is 0.805. The van der Waals surface area contributed by atoms with Crippen LogP contribution in [0.25, 0.3) is 0 Å². The van der Waals surface area contributed by atoms with E-state index in [0.29, 0.717) is 5.92 Å². The largest absolute Gasteiger partial charge is 0.307 e. The second-order valence-corrected chi connectivity index (χ2v) is 3.58. The number of rotatable bonds is 1. The van der Waals surface area contributed by atoms with E-state index < -0.39 is 0 Å². The van der Waals surface area contributed by atoms with Gasteiger partial charge in [0.25, 0.3) is 0 Å². The minimum Gasteiger partial charge on any atom is -0.307 e. The van der Waals surface area contributed by atoms with E-state index in [9.17, 15) is 0 Å². The van der Waals surface area contributed by atoms with Crippen molar-refractivity contribution >= 4 is 24.8 Å². The lowest BCUT2D eigenvalue weighted by Gasteiger charge is -1.99. The Labute approximate surface area is 95.5 Å². The van der Waals surface area contributed by atoms with Crippen molar-refractivity contribution in [2.24, 2.45) is 0 Å². The van der Waals surface area contributed by atoms with Crippen LogP contribution in [0.4, 0.5) is 0 Å². The molecule has 14 heavy (non-hydrogen) atoms. The van der Waals surface area contributed by atoms with Gasteiger partial charge in [-0.25, -0.2) is 9.97 Å². The van der Waals surface area contributed by atoms with Crippen LogP contribution in [0.1, 0.15) is 35.8 Å². The van der Waals surface area contributed by atoms with Crippen LogP contribution in [-0.4, -0.2) is 9.97 Å². The smallest absolute Gasteiger partial charge is 0.131 e. The van der Waals surface area contributed by atoms with Crippen molar-refractivity contribution in [3.63, 3.8) is 0 Å². The summed E-state index contributed by atoms with van der Waals surface area (Å²) in [4.78, 5) is 8.90. The summed E-state index contributed by atoms with van der Waals surface area (Å²) in [5, 5.41) is 3.27. The maximum absolute atomic E-state index is 4.54. The lowest BCUT2D eigenvalue weighted by atomic mass is 10.2. The molecule has 1 N–H and O–H groups in total. The molecule has 2 aliphatic rings. The predicted molar refractivity (Wildman–Crippen MR) is 59.0 cm³/mol. The molecule has 78 valence electrons. The lowest BCUT2D eigenvalue weighted by molar-refractivity contribution is 0.755. The molecule has 1 aliphatic heterocycles. The first-order valence-electron chi connectivity index (χ1n) is 4.49. The van der Waals surface area contributed by atoms with Crippen LogP contribution in [0.2, 0.25) is 0 Å². The maximum Gasteiger partial charge on any atom is 0.131 e. The minimum atomic E-state index is 0. The van der Waals surface area contributed by atoms with E-state index in [1.807, 2.05) is 6.20 Å². The molecule has 0 atom stereocenters. The Morgan fingerprint density at radius 3 is 2.71 bits per heavy atom. The van der Waals surface area contributed by atoms with E-state index >= 15 is 0 Å². The van der Waals surface area contributed by atoms with Gasteiger partial charge in [0.1, 0.15) is 5.82 Å². The molecule has 1 aromatic heterocycles. The van der Waals surface area contributed by atoms with Gasteiger partial charge in [0.2, 0.25) is 0 Å². The molecule has 2 heterocycles. The van der Waals surface area contributed by atoms with Gasteiger partial charge < -0.3 is 5.32 Å². The number of aromatic nitrogens is 2. The standard InChI is InChI=1S/C9H11N3.2ClH/c1-2-6(1)9-11-4-7-3-10-5-8(7)12-9;;/h4,6,10H,1-3,5H2;2*1H. The normalized spacial score (nSPS) is 18.0. The number of halogens is 2. The number of fused-ring (bicyclic) bond motifs is 1. The van der Waals surface area contributed by atoms with Gasteiger partial charge in [0.15, 0.2) is 0 Å². The molecule has 0 bridgehead atoms. The highest BCUT2D eigenvalue weighted by atomic mass is 35.5. The summed E-state index contributed by atoms with van der Waals surface area (Å²) in [6, 6.07) is 0. The molecular formula is C9H13Cl2N3. The van der Waals surface area contributed by atoms with E-state index in [1.54, 1.807) is 0 Å². The molecule has 0 spiro atoms. The van der Waals surface area contributed by atoms with Crippen LogP contribution in [0.5, 0.6) is 0 Å². The summed E-state index contributed by atoms with van der Waals surface area (Å²) in [5.41, 5.74) is 2.49. The fourth-order valence-electron chi connectivity index (χ4n) is 1.61. The van der Waals surface area contributed by atoms with Gasteiger partial charge in [-0.05, 0) is 12.8 Å². The number of hydrogen-bond acceptors (Lipinski definition) is 3. The van der Waals surface area contributed by atoms with Gasteiger partial charge in [-0.2, -0.15) is 0 Å². The van der Waals surface area contributed by atoms with Crippen molar-refractivity contribution in [3.05, 3.63) is 23.3 Å². The molecule has 0 amide bonds. The summed E-state index contributed by atoms with van der Waals surface area (Å²) in [6.45, 7) is 1.87. The average molecular weight is 234 g/mol. The lowest BCUT2D eigenvalue weighted by Crippen LogP contribution is -2.00. The molecule has 1 aliphatic carbocycles. The van der Waals surface area contributed by atoms with Crippen molar-refractivity contribution in [1.29, 1.82) is 0 Å². The maximum atomic E-state index is 4.54. The summed E-state index contributed by atoms with van der Waals surface area (Å²) in [5.74, 6) is 1.74. The first-order valence-corrected chi connectivity index (χ1v) is 4.49. The van der Waals surface area contributed by atoms with Gasteiger partial charge in [-0.3, -0.25) is 0 Å². The summed E-state index contributed by atoms with van der Waals surface area (Å²) >= 11 is 0. The number of nitrogens with zero attached hydrogens (tertiary/aromatic N) is 2. The zero-order valence-electron chi connectivity index (χ0n) is 7.69. The third-order valence-corrected chi connectivity index (χ3v) is 2.52. The van der Waals surface area contributed by atoms with E-state index in [2.05, 4.69) is 15.3 Å². The molecule has 0 saturated heterocycles. The van der Waals surface area contributed by atoms with Crippen LogP contribution < -0.4 is 5.32 Å². The van der Waals surface area contributed by atoms with Gasteiger partial charge in [0, 0.05) is 30.8 Å². The second kappa shape index (κ2) is 4.43. The number of nitrogens with one attached hydrogen (secondary N) is 1. The molecule has 0 radical (unpaired) electrons. The van der Waals surface area contributed by atoms with Crippen LogP contribution in [0, 0.1) is 0 Å². The van der Waals surface area contributed by atoms with Gasteiger partial charge in [-0.1, -0.05) is 0 Å². The number of hydrogen-bond donors (Lipinski definition) is 1. The minimum absolute atomic E-state index is 0. The highest BCUT2D eigenvalue weighted by Crippen LogP contribution is 2.38. The third-order valence-electron chi connectivity index (χ3n) is 2.52.